The van der Waals surface area contributed by atoms with Crippen LogP contribution in [0.25, 0.3) is 11.0 Å². The maximum atomic E-state index is 12.8. The number of rotatable bonds is 10. The van der Waals surface area contributed by atoms with Crippen molar-refractivity contribution in [2.45, 2.75) is 31.6 Å². The van der Waals surface area contributed by atoms with Gasteiger partial charge in [-0.15, -0.1) is 0 Å². The van der Waals surface area contributed by atoms with E-state index in [0.717, 1.165) is 5.52 Å². The zero-order valence-electron chi connectivity index (χ0n) is 19.6. The molecule has 0 radical (unpaired) electrons. The van der Waals surface area contributed by atoms with Gasteiger partial charge in [-0.05, 0) is 18.2 Å². The van der Waals surface area contributed by atoms with Gasteiger partial charge in [0.2, 0.25) is 15.9 Å². The molecule has 1 aromatic heterocycles. The number of aryl methyl sites for hydroxylation is 2. The third-order valence-electron chi connectivity index (χ3n) is 5.50. The molecule has 0 aliphatic heterocycles. The first-order valence-electron chi connectivity index (χ1n) is 10.7. The average molecular weight is 475 g/mol. The number of carbonyl (C=O) groups is 1. The molecule has 0 aliphatic rings. The van der Waals surface area contributed by atoms with Crippen LogP contribution in [0.15, 0.2) is 41.3 Å². The Labute approximate surface area is 194 Å². The molecular formula is C23H30N4O5S. The molecule has 2 aromatic carbocycles. The van der Waals surface area contributed by atoms with Crippen LogP contribution in [-0.2, 0) is 28.3 Å². The maximum absolute atomic E-state index is 12.8. The van der Waals surface area contributed by atoms with Crippen molar-refractivity contribution in [3.05, 3.63) is 42.2 Å². The van der Waals surface area contributed by atoms with E-state index in [1.807, 2.05) is 25.5 Å². The number of sulfonamides is 1. The normalized spacial score (nSPS) is 11.7. The second-order valence-corrected chi connectivity index (χ2v) is 9.41. The summed E-state index contributed by atoms with van der Waals surface area (Å²) in [6.45, 7) is 4.42. The summed E-state index contributed by atoms with van der Waals surface area (Å²) >= 11 is 0. The Hall–Kier alpha value is -3.11. The van der Waals surface area contributed by atoms with Crippen LogP contribution in [0.4, 0.5) is 5.69 Å². The Balaban J connectivity index is 1.76. The summed E-state index contributed by atoms with van der Waals surface area (Å²) in [5.41, 5.74) is 1.97. The van der Waals surface area contributed by atoms with E-state index in [-0.39, 0.29) is 17.2 Å². The van der Waals surface area contributed by atoms with Gasteiger partial charge in [0.25, 0.3) is 0 Å². The molecule has 0 saturated carbocycles. The number of imidazole rings is 1. The van der Waals surface area contributed by atoms with Crippen LogP contribution in [0.2, 0.25) is 0 Å². The number of ether oxygens (including phenoxy) is 2. The van der Waals surface area contributed by atoms with Crippen LogP contribution in [0.3, 0.4) is 0 Å². The fraction of sp³-hybridized carbons (Fsp3) is 0.391. The molecule has 0 spiro atoms. The standard InChI is InChI=1S/C23H30N4O5S/c1-6-27(7-2)33(29,30)19-8-9-21-20(15-19)25-22(26(21)3)10-11-23(28)24-16-12-17(31-4)14-18(13-16)32-5/h8-9,12-15H,6-7,10-11H2,1-5H3,(H,24,28). The number of benzene rings is 2. The summed E-state index contributed by atoms with van der Waals surface area (Å²) in [6, 6.07) is 10.1. The number of aromatic nitrogens is 2. The first-order valence-corrected chi connectivity index (χ1v) is 12.2. The molecule has 3 aromatic rings. The zero-order chi connectivity index (χ0) is 24.2. The molecule has 1 amide bonds. The molecule has 0 unspecified atom stereocenters. The Bertz CT molecular complexity index is 1230. The predicted molar refractivity (Wildman–Crippen MR) is 127 cm³/mol. The molecule has 0 atom stereocenters. The van der Waals surface area contributed by atoms with Gasteiger partial charge >= 0.3 is 0 Å². The number of amides is 1. The molecule has 0 fully saturated rings. The number of hydrogen-bond acceptors (Lipinski definition) is 6. The lowest BCUT2D eigenvalue weighted by atomic mass is 10.2. The summed E-state index contributed by atoms with van der Waals surface area (Å²) < 4.78 is 39.4. The number of methoxy groups -OCH3 is 2. The number of carbonyl (C=O) groups excluding carboxylic acids is 1. The van der Waals surface area contributed by atoms with E-state index < -0.39 is 10.0 Å². The SMILES string of the molecule is CCN(CC)S(=O)(=O)c1ccc2c(c1)nc(CCC(=O)Nc1cc(OC)cc(OC)c1)n2C. The van der Waals surface area contributed by atoms with E-state index in [0.29, 0.717) is 48.0 Å². The highest BCUT2D eigenvalue weighted by Crippen LogP contribution is 2.26. The molecule has 1 N–H and O–H groups in total. The number of hydrogen-bond donors (Lipinski definition) is 1. The van der Waals surface area contributed by atoms with Crippen molar-refractivity contribution >= 4 is 32.7 Å². The van der Waals surface area contributed by atoms with Crippen molar-refractivity contribution in [3.63, 3.8) is 0 Å². The smallest absolute Gasteiger partial charge is 0.243 e. The lowest BCUT2D eigenvalue weighted by Crippen LogP contribution is -2.30. The Morgan fingerprint density at radius 2 is 1.70 bits per heavy atom. The largest absolute Gasteiger partial charge is 0.497 e. The van der Waals surface area contributed by atoms with E-state index in [9.17, 15) is 13.2 Å². The highest BCUT2D eigenvalue weighted by Gasteiger charge is 2.22. The fourth-order valence-electron chi connectivity index (χ4n) is 3.65. The minimum atomic E-state index is -3.57. The summed E-state index contributed by atoms with van der Waals surface area (Å²) in [6.07, 6.45) is 0.609. The van der Waals surface area contributed by atoms with E-state index in [1.54, 1.807) is 50.6 Å². The van der Waals surface area contributed by atoms with E-state index >= 15 is 0 Å². The second-order valence-electron chi connectivity index (χ2n) is 7.48. The van der Waals surface area contributed by atoms with Crippen LogP contribution in [0.5, 0.6) is 11.5 Å². The molecule has 0 bridgehead atoms. The number of nitrogens with one attached hydrogen (secondary N) is 1. The van der Waals surface area contributed by atoms with Crippen LogP contribution in [-0.4, -0.2) is 55.5 Å². The molecular weight excluding hydrogens is 444 g/mol. The predicted octanol–water partition coefficient (Wildman–Crippen LogP) is 3.19. The summed E-state index contributed by atoms with van der Waals surface area (Å²) in [5.74, 6) is 1.67. The highest BCUT2D eigenvalue weighted by atomic mass is 32.2. The fourth-order valence-corrected chi connectivity index (χ4v) is 5.13. The van der Waals surface area contributed by atoms with Crippen molar-refractivity contribution < 1.29 is 22.7 Å². The van der Waals surface area contributed by atoms with Crippen molar-refractivity contribution in [3.8, 4) is 11.5 Å². The lowest BCUT2D eigenvalue weighted by molar-refractivity contribution is -0.116. The van der Waals surface area contributed by atoms with Gasteiger partial charge in [0, 0.05) is 56.9 Å². The van der Waals surface area contributed by atoms with Gasteiger partial charge in [0.15, 0.2) is 0 Å². The topological polar surface area (TPSA) is 103 Å². The minimum absolute atomic E-state index is 0.179. The number of fused-ring (bicyclic) bond motifs is 1. The molecule has 0 aliphatic carbocycles. The van der Waals surface area contributed by atoms with Gasteiger partial charge < -0.3 is 19.4 Å². The summed E-state index contributed by atoms with van der Waals surface area (Å²) in [7, 11) is 1.38. The first-order chi connectivity index (χ1) is 15.7. The molecule has 33 heavy (non-hydrogen) atoms. The quantitative estimate of drug-likeness (QED) is 0.484. The molecule has 9 nitrogen and oxygen atoms in total. The maximum Gasteiger partial charge on any atom is 0.243 e. The van der Waals surface area contributed by atoms with Gasteiger partial charge in [0.1, 0.15) is 17.3 Å². The molecule has 10 heteroatoms. The number of nitrogens with zero attached hydrogens (tertiary/aromatic N) is 3. The minimum Gasteiger partial charge on any atom is -0.497 e. The molecule has 0 saturated heterocycles. The van der Waals surface area contributed by atoms with E-state index in [2.05, 4.69) is 10.3 Å². The van der Waals surface area contributed by atoms with Gasteiger partial charge in [-0.1, -0.05) is 13.8 Å². The van der Waals surface area contributed by atoms with Gasteiger partial charge in [0.05, 0.1) is 30.1 Å². The van der Waals surface area contributed by atoms with Gasteiger partial charge in [-0.2, -0.15) is 4.31 Å². The van der Waals surface area contributed by atoms with Gasteiger partial charge in [-0.3, -0.25) is 4.79 Å². The average Bonchev–Trinajstić information content (AvgIpc) is 3.12. The Morgan fingerprint density at radius 3 is 2.27 bits per heavy atom. The van der Waals surface area contributed by atoms with Crippen molar-refractivity contribution in [1.29, 1.82) is 0 Å². The summed E-state index contributed by atoms with van der Waals surface area (Å²) in [4.78, 5) is 17.3. The van der Waals surface area contributed by atoms with Gasteiger partial charge in [-0.25, -0.2) is 13.4 Å². The van der Waals surface area contributed by atoms with Crippen molar-refractivity contribution in [2.75, 3.05) is 32.6 Å². The van der Waals surface area contributed by atoms with Crippen LogP contribution in [0, 0.1) is 0 Å². The third kappa shape index (κ3) is 5.28. The summed E-state index contributed by atoms with van der Waals surface area (Å²) in [5, 5.41) is 2.85. The van der Waals surface area contributed by atoms with E-state index in [1.165, 1.54) is 4.31 Å². The van der Waals surface area contributed by atoms with Crippen molar-refractivity contribution in [1.82, 2.24) is 13.9 Å². The van der Waals surface area contributed by atoms with E-state index in [4.69, 9.17) is 9.47 Å². The number of anilines is 1. The lowest BCUT2D eigenvalue weighted by Gasteiger charge is -2.18. The van der Waals surface area contributed by atoms with Crippen molar-refractivity contribution in [2.24, 2.45) is 7.05 Å². The van der Waals surface area contributed by atoms with Crippen LogP contribution < -0.4 is 14.8 Å². The highest BCUT2D eigenvalue weighted by molar-refractivity contribution is 7.89. The monoisotopic (exact) mass is 474 g/mol. The molecule has 178 valence electrons. The molecule has 1 heterocycles. The second kappa shape index (κ2) is 10.2. The third-order valence-corrected chi connectivity index (χ3v) is 7.54. The molecule has 3 rings (SSSR count). The zero-order valence-corrected chi connectivity index (χ0v) is 20.4. The van der Waals surface area contributed by atoms with Crippen LogP contribution >= 0.6 is 0 Å². The van der Waals surface area contributed by atoms with Crippen LogP contribution in [0.1, 0.15) is 26.1 Å². The Morgan fingerprint density at radius 1 is 1.06 bits per heavy atom. The first kappa shape index (κ1) is 24.5. The Kier molecular flexibility index (Phi) is 7.60.